The van der Waals surface area contributed by atoms with E-state index in [1.165, 1.54) is 113 Å². The summed E-state index contributed by atoms with van der Waals surface area (Å²) in [5, 5.41) is 2.80. The van der Waals surface area contributed by atoms with Crippen LogP contribution in [0.2, 0.25) is 10.6 Å². The summed E-state index contributed by atoms with van der Waals surface area (Å²) < 4.78 is 0. The van der Waals surface area contributed by atoms with Crippen LogP contribution in [0, 0.1) is 0 Å². The van der Waals surface area contributed by atoms with E-state index in [1.54, 1.807) is 0 Å². The summed E-state index contributed by atoms with van der Waals surface area (Å²) in [6.07, 6.45) is 23.2. The van der Waals surface area contributed by atoms with Crippen molar-refractivity contribution in [1.82, 2.24) is 0 Å². The molecule has 0 N–H and O–H groups in total. The largest absolute Gasteiger partial charge is 1.00 e. The third-order valence-electron chi connectivity index (χ3n) is 4.13. The zero-order chi connectivity index (χ0) is 15.4. The molecule has 0 unspecified atom stereocenters. The summed E-state index contributed by atoms with van der Waals surface area (Å²) in [5.41, 5.74) is 0. The summed E-state index contributed by atoms with van der Waals surface area (Å²) in [6.45, 7) is 4.59. The van der Waals surface area contributed by atoms with Crippen LogP contribution in [0.4, 0.5) is 0 Å². The second-order valence-corrected chi connectivity index (χ2v) is 7.81. The average molecular weight is 360 g/mol. The van der Waals surface area contributed by atoms with Gasteiger partial charge in [-0.05, 0) is 0 Å². The Balaban J connectivity index is -0.00000200. The molecular formula is C20H42CuLi2. The van der Waals surface area contributed by atoms with Crippen LogP contribution in [0.1, 0.15) is 117 Å². The van der Waals surface area contributed by atoms with Crippen LogP contribution < -0.4 is 37.7 Å². The maximum Gasteiger partial charge on any atom is 1.00 e. The van der Waals surface area contributed by atoms with Crippen molar-refractivity contribution >= 4 is 0 Å². The first kappa shape index (κ1) is 29.5. The quantitative estimate of drug-likeness (QED) is 0.260. The van der Waals surface area contributed by atoms with E-state index in [-0.39, 0.29) is 37.7 Å². The number of rotatable bonds is 18. The Hall–Kier alpha value is 1.71. The molecule has 0 rings (SSSR count). The molecule has 0 heterocycles. The molecule has 0 aromatic carbocycles. The maximum atomic E-state index is 2.29. The predicted octanol–water partition coefficient (Wildman–Crippen LogP) is 2.19. The van der Waals surface area contributed by atoms with Crippen molar-refractivity contribution in [1.29, 1.82) is 0 Å². The van der Waals surface area contributed by atoms with Gasteiger partial charge in [0.05, 0.1) is 0 Å². The van der Waals surface area contributed by atoms with Crippen molar-refractivity contribution in [3.63, 3.8) is 0 Å². The van der Waals surface area contributed by atoms with Crippen molar-refractivity contribution in [3.8, 4) is 0 Å². The molecule has 0 bridgehead atoms. The minimum Gasteiger partial charge on any atom is 1.00 e. The molecule has 0 aromatic heterocycles. The van der Waals surface area contributed by atoms with Gasteiger partial charge < -0.3 is 0 Å². The Morgan fingerprint density at radius 2 is 0.652 bits per heavy atom. The van der Waals surface area contributed by atoms with E-state index < -0.39 is 0 Å². The molecule has 0 atom stereocenters. The maximum absolute atomic E-state index is 2.29. The first-order valence-electron chi connectivity index (χ1n) is 9.84. The molecule has 0 aliphatic rings. The van der Waals surface area contributed by atoms with E-state index in [0.717, 1.165) is 0 Å². The van der Waals surface area contributed by atoms with E-state index >= 15 is 0 Å². The Morgan fingerprint density at radius 1 is 0.391 bits per heavy atom. The minimum atomic E-state index is 0. The topological polar surface area (TPSA) is 0 Å². The van der Waals surface area contributed by atoms with Crippen LogP contribution in [0.25, 0.3) is 0 Å². The minimum absolute atomic E-state index is 0. The van der Waals surface area contributed by atoms with Gasteiger partial charge in [-0.25, -0.2) is 0 Å². The summed E-state index contributed by atoms with van der Waals surface area (Å²) in [7, 11) is 0. The molecule has 0 aromatic rings. The van der Waals surface area contributed by atoms with Gasteiger partial charge in [0.2, 0.25) is 0 Å². The molecule has 0 saturated carbocycles. The van der Waals surface area contributed by atoms with Crippen LogP contribution >= 0.6 is 0 Å². The molecule has 0 radical (unpaired) electrons. The molecule has 0 spiro atoms. The smallest absolute Gasteiger partial charge is 1.00 e. The van der Waals surface area contributed by atoms with Gasteiger partial charge in [-0.1, -0.05) is 0 Å². The van der Waals surface area contributed by atoms with Crippen LogP contribution in [-0.4, -0.2) is 0 Å². The molecule has 135 valence electrons. The van der Waals surface area contributed by atoms with Crippen molar-refractivity contribution in [2.45, 2.75) is 127 Å². The average Bonchev–Trinajstić information content (AvgIpc) is 2.50. The van der Waals surface area contributed by atoms with Gasteiger partial charge in [0.1, 0.15) is 0 Å². The molecule has 3 heteroatoms. The third kappa shape index (κ3) is 28.8. The molecule has 0 fully saturated rings. The van der Waals surface area contributed by atoms with Crippen molar-refractivity contribution in [2.75, 3.05) is 0 Å². The van der Waals surface area contributed by atoms with E-state index in [0.29, 0.717) is 0 Å². The molecule has 0 saturated heterocycles. The Labute approximate surface area is 179 Å². The zero-order valence-electron chi connectivity index (χ0n) is 17.0. The van der Waals surface area contributed by atoms with Crippen LogP contribution in [0.15, 0.2) is 0 Å². The summed E-state index contributed by atoms with van der Waals surface area (Å²) in [6, 6.07) is 0. The zero-order valence-corrected chi connectivity index (χ0v) is 18.0. The number of hydrogen-bond donors (Lipinski definition) is 0. The van der Waals surface area contributed by atoms with Gasteiger partial charge >= 0.3 is 180 Å². The molecule has 0 aliphatic carbocycles. The fourth-order valence-corrected chi connectivity index (χ4v) is 3.82. The van der Waals surface area contributed by atoms with E-state index in [4.69, 9.17) is 0 Å². The fraction of sp³-hybridized carbons (Fsp3) is 1.00. The standard InChI is InChI=1S/2C10H21.Cu.2Li/c2*1-3-5-7-9-10-8-6-4-2;;;/h2*1,3-10H2,2H3;;;/q;;-2;2*+1. The summed E-state index contributed by atoms with van der Waals surface area (Å²) >= 11 is 2.29. The second-order valence-electron chi connectivity index (χ2n) is 6.40. The first-order valence-corrected chi connectivity index (χ1v) is 11.2. The van der Waals surface area contributed by atoms with E-state index in [9.17, 15) is 0 Å². The predicted molar refractivity (Wildman–Crippen MR) is 94.8 cm³/mol. The molecule has 0 aliphatic heterocycles. The van der Waals surface area contributed by atoms with Crippen LogP contribution in [-0.2, 0) is 15.0 Å². The van der Waals surface area contributed by atoms with Gasteiger partial charge in [-0.3, -0.25) is 0 Å². The van der Waals surface area contributed by atoms with E-state index in [2.05, 4.69) is 28.8 Å². The van der Waals surface area contributed by atoms with Crippen molar-refractivity contribution in [3.05, 3.63) is 0 Å². The first-order chi connectivity index (χ1) is 10.4. The van der Waals surface area contributed by atoms with Crippen molar-refractivity contribution in [2.24, 2.45) is 0 Å². The molecule has 0 amide bonds. The SMILES string of the molecule is CCCCCCCCC[CH2][Cu-2][CH2]CCCCCCCCC.[Li+].[Li+]. The third-order valence-corrected chi connectivity index (χ3v) is 5.47. The molecule has 23 heavy (non-hydrogen) atoms. The fourth-order valence-electron chi connectivity index (χ4n) is 2.64. The van der Waals surface area contributed by atoms with Gasteiger partial charge in [-0.15, -0.1) is 0 Å². The number of unbranched alkanes of at least 4 members (excludes halogenated alkanes) is 14. The Kier molecular flexibility index (Phi) is 36.5. The van der Waals surface area contributed by atoms with Crippen LogP contribution in [0.5, 0.6) is 0 Å². The monoisotopic (exact) mass is 359 g/mol. The number of hydrogen-bond acceptors (Lipinski definition) is 0. The second kappa shape index (κ2) is 28.5. The van der Waals surface area contributed by atoms with Gasteiger partial charge in [0.25, 0.3) is 0 Å². The van der Waals surface area contributed by atoms with Gasteiger partial charge in [-0.2, -0.15) is 0 Å². The summed E-state index contributed by atoms with van der Waals surface area (Å²) in [5.74, 6) is 0. The molecule has 0 nitrogen and oxygen atoms in total. The van der Waals surface area contributed by atoms with Crippen LogP contribution in [0.3, 0.4) is 0 Å². The normalized spacial score (nSPS) is 10.3. The van der Waals surface area contributed by atoms with E-state index in [1.807, 2.05) is 0 Å². The Bertz CT molecular complexity index is 159. The molecular weight excluding hydrogens is 318 g/mol. The van der Waals surface area contributed by atoms with Gasteiger partial charge in [0.15, 0.2) is 0 Å². The van der Waals surface area contributed by atoms with Crippen molar-refractivity contribution < 1.29 is 52.7 Å². The Morgan fingerprint density at radius 3 is 0.957 bits per heavy atom. The summed E-state index contributed by atoms with van der Waals surface area (Å²) in [4.78, 5) is 0. The van der Waals surface area contributed by atoms with Gasteiger partial charge in [0, 0.05) is 0 Å².